The van der Waals surface area contributed by atoms with E-state index in [1.54, 1.807) is 0 Å². The summed E-state index contributed by atoms with van der Waals surface area (Å²) >= 11 is 0. The van der Waals surface area contributed by atoms with Crippen LogP contribution in [0.5, 0.6) is 0 Å². The van der Waals surface area contributed by atoms with Crippen LogP contribution in [0.3, 0.4) is 0 Å². The first-order valence-electron chi connectivity index (χ1n) is 3.66. The molecule has 0 radical (unpaired) electrons. The van der Waals surface area contributed by atoms with E-state index in [0.29, 0.717) is 6.54 Å². The molecule has 0 unspecified atom stereocenters. The molecule has 5 nitrogen and oxygen atoms in total. The highest BCUT2D eigenvalue weighted by Crippen LogP contribution is 2.05. The van der Waals surface area contributed by atoms with Crippen molar-refractivity contribution in [3.05, 3.63) is 10.4 Å². The quantitative estimate of drug-likeness (QED) is 0.382. The van der Waals surface area contributed by atoms with Crippen LogP contribution in [0.25, 0.3) is 10.4 Å². The third kappa shape index (κ3) is 3.83. The maximum atomic E-state index is 7.98. The fourth-order valence-corrected chi connectivity index (χ4v) is 1.24. The third-order valence-corrected chi connectivity index (χ3v) is 1.78. The third-order valence-electron chi connectivity index (χ3n) is 1.78. The van der Waals surface area contributed by atoms with Crippen molar-refractivity contribution in [3.63, 3.8) is 0 Å². The van der Waals surface area contributed by atoms with Gasteiger partial charge in [-0.1, -0.05) is 5.11 Å². The summed E-state index contributed by atoms with van der Waals surface area (Å²) in [6.07, 6.45) is 2.60. The molecule has 0 amide bonds. The first-order valence-corrected chi connectivity index (χ1v) is 3.66. The Morgan fingerprint density at radius 2 is 2.00 bits per heavy atom. The molecule has 0 aromatic carbocycles. The molecular formula is C6H15N5. The highest BCUT2D eigenvalue weighted by atomic mass is 15.2. The highest BCUT2D eigenvalue weighted by molar-refractivity contribution is 4.66. The normalized spacial score (nSPS) is 17.1. The van der Waals surface area contributed by atoms with Gasteiger partial charge in [0, 0.05) is 18.0 Å². The second-order valence-electron chi connectivity index (χ2n) is 2.50. The maximum absolute atomic E-state index is 7.98. The van der Waals surface area contributed by atoms with E-state index >= 15 is 0 Å². The van der Waals surface area contributed by atoms with Crippen molar-refractivity contribution < 1.29 is 0 Å². The van der Waals surface area contributed by atoms with E-state index in [1.165, 1.54) is 25.9 Å². The molecule has 11 heavy (non-hydrogen) atoms. The molecule has 0 spiro atoms. The van der Waals surface area contributed by atoms with Gasteiger partial charge in [-0.2, -0.15) is 0 Å². The molecular weight excluding hydrogens is 142 g/mol. The number of nitrogens with zero attached hydrogens (tertiary/aromatic N) is 4. The Morgan fingerprint density at radius 1 is 1.36 bits per heavy atom. The summed E-state index contributed by atoms with van der Waals surface area (Å²) < 4.78 is 0. The van der Waals surface area contributed by atoms with Crippen LogP contribution in [0.15, 0.2) is 5.11 Å². The lowest BCUT2D eigenvalue weighted by Crippen LogP contribution is -2.21. The smallest absolute Gasteiger partial charge is 0.0385 e. The number of likely N-dealkylation sites (tertiary alicyclic amines) is 1. The molecule has 1 rings (SSSR count). The van der Waals surface area contributed by atoms with Crippen molar-refractivity contribution in [2.75, 3.05) is 26.2 Å². The van der Waals surface area contributed by atoms with Crippen molar-refractivity contribution in [3.8, 4) is 0 Å². The largest absolute Gasteiger partial charge is 0.344 e. The summed E-state index contributed by atoms with van der Waals surface area (Å²) in [5, 5.41) is 3.47. The van der Waals surface area contributed by atoms with Gasteiger partial charge in [0.05, 0.1) is 0 Å². The number of rotatable bonds is 3. The van der Waals surface area contributed by atoms with Crippen molar-refractivity contribution in [1.29, 1.82) is 0 Å². The minimum atomic E-state index is 0. The summed E-state index contributed by atoms with van der Waals surface area (Å²) in [5.41, 5.74) is 7.98. The van der Waals surface area contributed by atoms with E-state index in [4.69, 9.17) is 5.53 Å². The average molecular weight is 157 g/mol. The lowest BCUT2D eigenvalue weighted by atomic mass is 10.4. The Morgan fingerprint density at radius 3 is 2.55 bits per heavy atom. The van der Waals surface area contributed by atoms with Gasteiger partial charge in [-0.05, 0) is 31.5 Å². The van der Waals surface area contributed by atoms with Gasteiger partial charge < -0.3 is 11.1 Å². The van der Waals surface area contributed by atoms with Crippen LogP contribution in [0.4, 0.5) is 0 Å². The minimum absolute atomic E-state index is 0. The van der Waals surface area contributed by atoms with E-state index < -0.39 is 0 Å². The second-order valence-corrected chi connectivity index (χ2v) is 2.50. The van der Waals surface area contributed by atoms with Crippen LogP contribution in [0.2, 0.25) is 0 Å². The van der Waals surface area contributed by atoms with Crippen LogP contribution in [0.1, 0.15) is 12.8 Å². The standard InChI is InChI=1S/C6H12N4.H3N/c7-9-8-3-6-10-4-1-2-5-10;/h1-6H2;1H3. The van der Waals surface area contributed by atoms with Gasteiger partial charge >= 0.3 is 0 Å². The summed E-state index contributed by atoms with van der Waals surface area (Å²) in [4.78, 5) is 5.02. The fraction of sp³-hybridized carbons (Fsp3) is 1.00. The van der Waals surface area contributed by atoms with Gasteiger partial charge in [-0.15, -0.1) is 0 Å². The molecule has 0 atom stereocenters. The predicted octanol–water partition coefficient (Wildman–Crippen LogP) is 1.55. The predicted molar refractivity (Wildman–Crippen MR) is 44.7 cm³/mol. The molecule has 5 heteroatoms. The summed E-state index contributed by atoms with van der Waals surface area (Å²) in [5.74, 6) is 0. The molecule has 0 aromatic heterocycles. The van der Waals surface area contributed by atoms with Crippen LogP contribution >= 0.6 is 0 Å². The van der Waals surface area contributed by atoms with E-state index in [-0.39, 0.29) is 6.15 Å². The maximum Gasteiger partial charge on any atom is 0.0385 e. The van der Waals surface area contributed by atoms with Gasteiger partial charge in [0.25, 0.3) is 0 Å². The lowest BCUT2D eigenvalue weighted by molar-refractivity contribution is 0.349. The van der Waals surface area contributed by atoms with Crippen molar-refractivity contribution in [2.45, 2.75) is 12.8 Å². The number of azide groups is 1. The Balaban J connectivity index is 0.000001000. The van der Waals surface area contributed by atoms with Crippen LogP contribution in [-0.4, -0.2) is 31.1 Å². The minimum Gasteiger partial charge on any atom is -0.344 e. The zero-order valence-corrected chi connectivity index (χ0v) is 6.74. The molecule has 64 valence electrons. The van der Waals surface area contributed by atoms with E-state index in [0.717, 1.165) is 6.54 Å². The Hall–Kier alpha value is -0.770. The first-order chi connectivity index (χ1) is 4.93. The van der Waals surface area contributed by atoms with E-state index in [9.17, 15) is 0 Å². The molecule has 1 aliphatic heterocycles. The fourth-order valence-electron chi connectivity index (χ4n) is 1.24. The molecule has 3 N–H and O–H groups in total. The zero-order chi connectivity index (χ0) is 7.23. The van der Waals surface area contributed by atoms with Crippen LogP contribution < -0.4 is 6.15 Å². The van der Waals surface area contributed by atoms with Gasteiger partial charge in [-0.3, -0.25) is 0 Å². The number of hydrogen-bond acceptors (Lipinski definition) is 3. The Labute approximate surface area is 66.6 Å². The lowest BCUT2D eigenvalue weighted by Gasteiger charge is -2.11. The Bertz CT molecular complexity index is 134. The second kappa shape index (κ2) is 5.97. The van der Waals surface area contributed by atoms with Gasteiger partial charge in [0.1, 0.15) is 0 Å². The van der Waals surface area contributed by atoms with Crippen LogP contribution in [-0.2, 0) is 0 Å². The van der Waals surface area contributed by atoms with Crippen molar-refractivity contribution in [1.82, 2.24) is 11.1 Å². The van der Waals surface area contributed by atoms with E-state index in [1.807, 2.05) is 0 Å². The average Bonchev–Trinajstić information content (AvgIpc) is 2.41. The zero-order valence-electron chi connectivity index (χ0n) is 6.74. The summed E-state index contributed by atoms with van der Waals surface area (Å²) in [7, 11) is 0. The van der Waals surface area contributed by atoms with Crippen LogP contribution in [0, 0.1) is 0 Å². The SMILES string of the molecule is N.[N-]=[N+]=NCCN1CCCC1. The molecule has 0 aromatic rings. The topological polar surface area (TPSA) is 87.0 Å². The van der Waals surface area contributed by atoms with Crippen molar-refractivity contribution in [2.24, 2.45) is 5.11 Å². The van der Waals surface area contributed by atoms with Gasteiger partial charge in [-0.25, -0.2) is 0 Å². The monoisotopic (exact) mass is 157 g/mol. The van der Waals surface area contributed by atoms with Gasteiger partial charge in [0.2, 0.25) is 0 Å². The molecule has 1 heterocycles. The molecule has 1 aliphatic rings. The molecule has 0 saturated carbocycles. The van der Waals surface area contributed by atoms with E-state index in [2.05, 4.69) is 14.9 Å². The molecule has 1 fully saturated rings. The number of hydrogen-bond donors (Lipinski definition) is 1. The molecule has 0 aliphatic carbocycles. The van der Waals surface area contributed by atoms with Gasteiger partial charge in [0.15, 0.2) is 0 Å². The molecule has 0 bridgehead atoms. The highest BCUT2D eigenvalue weighted by Gasteiger charge is 2.09. The van der Waals surface area contributed by atoms with Crippen molar-refractivity contribution >= 4 is 0 Å². The Kier molecular flexibility index (Phi) is 5.56. The summed E-state index contributed by atoms with van der Waals surface area (Å²) in [6, 6.07) is 0. The summed E-state index contributed by atoms with van der Waals surface area (Å²) in [6.45, 7) is 3.92. The molecule has 1 saturated heterocycles. The first kappa shape index (κ1) is 10.2.